The van der Waals surface area contributed by atoms with Crippen molar-refractivity contribution >= 4 is 53.0 Å². The number of hydrogen-bond donors (Lipinski definition) is 0. The zero-order chi connectivity index (χ0) is 45.4. The molecular weight excluding hydrogens is 897 g/mol. The Hall–Kier alpha value is -6.26. The van der Waals surface area contributed by atoms with E-state index in [0.717, 1.165) is 32.8 Å². The topological polar surface area (TPSA) is 192 Å². The van der Waals surface area contributed by atoms with Crippen LogP contribution in [0.3, 0.4) is 0 Å². The van der Waals surface area contributed by atoms with E-state index >= 15 is 0 Å². The van der Waals surface area contributed by atoms with Crippen LogP contribution in [0, 0.1) is 22.7 Å². The van der Waals surface area contributed by atoms with Gasteiger partial charge in [0.1, 0.15) is 23.6 Å². The zero-order valence-corrected chi connectivity index (χ0v) is 38.6. The van der Waals surface area contributed by atoms with Crippen LogP contribution in [0.15, 0.2) is 105 Å². The maximum absolute atomic E-state index is 13.0. The first-order chi connectivity index (χ1) is 30.9. The highest BCUT2D eigenvalue weighted by Gasteiger charge is 2.32. The minimum Gasteiger partial charge on any atom is -0.497 e. The fourth-order valence-electron chi connectivity index (χ4n) is 7.12. The molecule has 0 saturated carbocycles. The summed E-state index contributed by atoms with van der Waals surface area (Å²) in [5, 5.41) is 24.1. The van der Waals surface area contributed by atoms with Crippen LogP contribution < -0.4 is 28.7 Å². The number of rotatable bonds is 12. The molecule has 6 aromatic rings. The lowest BCUT2D eigenvalue weighted by Crippen LogP contribution is -2.48. The van der Waals surface area contributed by atoms with Gasteiger partial charge in [-0.3, -0.25) is 0 Å². The van der Waals surface area contributed by atoms with Crippen LogP contribution in [0.1, 0.15) is 11.1 Å². The molecule has 2 aromatic heterocycles. The lowest BCUT2D eigenvalue weighted by molar-refractivity contribution is 0.355. The quantitative estimate of drug-likeness (QED) is 0.131. The van der Waals surface area contributed by atoms with E-state index in [9.17, 15) is 27.4 Å². The third kappa shape index (κ3) is 9.77. The van der Waals surface area contributed by atoms with Gasteiger partial charge in [-0.05, 0) is 54.6 Å². The van der Waals surface area contributed by atoms with Gasteiger partial charge < -0.3 is 28.7 Å². The van der Waals surface area contributed by atoms with Gasteiger partial charge in [0.05, 0.1) is 60.7 Å². The predicted octanol–water partition coefficient (Wildman–Crippen LogP) is 6.42. The second-order valence-corrected chi connectivity index (χ2v) is 19.7. The fourth-order valence-corrected chi connectivity index (χ4v) is 12.0. The summed E-state index contributed by atoms with van der Waals surface area (Å²) in [6.45, 7) is 3.37. The van der Waals surface area contributed by atoms with E-state index in [0.29, 0.717) is 75.4 Å². The van der Waals surface area contributed by atoms with Crippen molar-refractivity contribution in [3.8, 4) is 57.7 Å². The first-order valence-electron chi connectivity index (χ1n) is 19.8. The molecule has 0 amide bonds. The standard InChI is InChI=1S/2C22H22N4O4S2/c1-29-18-11-17(12-19(13-18)30-2)20-15-31-22(24-20)25-7-9-26(10-8-25)32(27,28)21-6-4-3-5-16(21)14-23;1-29-19-8-7-16(13-20(19)30-2)18-15-31-22(24-18)25-9-11-26(12-10-25)32(27,28)21-6-4-3-5-17(21)14-23/h3-6,11-13,15H,7-10H2,1-2H3;3-8,13,15H,9-12H2,1-2H3. The van der Waals surface area contributed by atoms with Crippen molar-refractivity contribution in [3.05, 3.63) is 107 Å². The third-order valence-electron chi connectivity index (χ3n) is 10.6. The Bertz CT molecular complexity index is 2890. The molecule has 0 N–H and O–H groups in total. The van der Waals surface area contributed by atoms with E-state index < -0.39 is 20.0 Å². The number of sulfonamides is 2. The average Bonchev–Trinajstić information content (AvgIpc) is 4.06. The smallest absolute Gasteiger partial charge is 0.244 e. The molecule has 0 radical (unpaired) electrons. The van der Waals surface area contributed by atoms with Crippen molar-refractivity contribution in [2.45, 2.75) is 9.79 Å². The summed E-state index contributed by atoms with van der Waals surface area (Å²) < 4.78 is 76.4. The largest absolute Gasteiger partial charge is 0.497 e. The molecule has 0 aliphatic carbocycles. The molecule has 2 saturated heterocycles. The molecule has 2 aliphatic rings. The predicted molar refractivity (Wildman–Crippen MR) is 246 cm³/mol. The summed E-state index contributed by atoms with van der Waals surface area (Å²) in [4.78, 5) is 13.8. The van der Waals surface area contributed by atoms with Gasteiger partial charge in [-0.15, -0.1) is 22.7 Å². The van der Waals surface area contributed by atoms with E-state index in [1.807, 2.05) is 53.2 Å². The SMILES string of the molecule is COc1cc(OC)cc(-c2csc(N3CCN(S(=O)(=O)c4ccccc4C#N)CC3)n2)c1.COc1ccc(-c2csc(N3CCN(S(=O)(=O)c4ccccc4C#N)CC3)n2)cc1OC. The van der Waals surface area contributed by atoms with Crippen molar-refractivity contribution in [2.75, 3.05) is 90.6 Å². The molecule has 20 heteroatoms. The Labute approximate surface area is 380 Å². The number of aromatic nitrogens is 2. The van der Waals surface area contributed by atoms with Crippen molar-refractivity contribution in [2.24, 2.45) is 0 Å². The molecule has 2 fully saturated rings. The van der Waals surface area contributed by atoms with Gasteiger partial charge >= 0.3 is 0 Å². The van der Waals surface area contributed by atoms with Gasteiger partial charge in [0, 0.05) is 80.3 Å². The summed E-state index contributed by atoms with van der Waals surface area (Å²) in [6.07, 6.45) is 0. The zero-order valence-electron chi connectivity index (χ0n) is 35.4. The van der Waals surface area contributed by atoms with Crippen LogP contribution in [0.4, 0.5) is 10.3 Å². The molecule has 8 rings (SSSR count). The average molecular weight is 941 g/mol. The van der Waals surface area contributed by atoms with Crippen LogP contribution in [-0.4, -0.2) is 116 Å². The molecule has 2 aliphatic heterocycles. The van der Waals surface area contributed by atoms with Crippen LogP contribution in [0.25, 0.3) is 22.5 Å². The molecule has 332 valence electrons. The number of anilines is 2. The molecule has 0 unspecified atom stereocenters. The molecule has 0 bridgehead atoms. The Morgan fingerprint density at radius 3 is 1.39 bits per heavy atom. The van der Waals surface area contributed by atoms with Gasteiger partial charge in [0.25, 0.3) is 0 Å². The van der Waals surface area contributed by atoms with Crippen LogP contribution in [-0.2, 0) is 20.0 Å². The van der Waals surface area contributed by atoms with Crippen LogP contribution in [0.5, 0.6) is 23.0 Å². The molecule has 64 heavy (non-hydrogen) atoms. The number of ether oxygens (including phenoxy) is 4. The lowest BCUT2D eigenvalue weighted by Gasteiger charge is -2.33. The van der Waals surface area contributed by atoms with Crippen LogP contribution >= 0.6 is 22.7 Å². The Balaban J connectivity index is 0.000000191. The van der Waals surface area contributed by atoms with Crippen molar-refractivity contribution in [3.63, 3.8) is 0 Å². The second kappa shape index (κ2) is 20.1. The van der Waals surface area contributed by atoms with E-state index in [2.05, 4.69) is 9.80 Å². The number of methoxy groups -OCH3 is 4. The summed E-state index contributed by atoms with van der Waals surface area (Å²) in [5.41, 5.74) is 3.75. The van der Waals surface area contributed by atoms with Gasteiger partial charge in [-0.2, -0.15) is 19.1 Å². The van der Waals surface area contributed by atoms with E-state index in [-0.39, 0.29) is 20.9 Å². The summed E-state index contributed by atoms with van der Waals surface area (Å²) in [7, 11) is -1.05. The highest BCUT2D eigenvalue weighted by molar-refractivity contribution is 7.89. The normalized spacial score (nSPS) is 14.7. The Kier molecular flexibility index (Phi) is 14.3. The number of nitriles is 2. The lowest BCUT2D eigenvalue weighted by atomic mass is 10.1. The highest BCUT2D eigenvalue weighted by atomic mass is 32.2. The summed E-state index contributed by atoms with van der Waals surface area (Å²) in [6, 6.07) is 27.8. The number of piperazine rings is 2. The molecular formula is C44H44N8O8S4. The van der Waals surface area contributed by atoms with Crippen molar-refractivity contribution < 1.29 is 35.8 Å². The second-order valence-electron chi connectivity index (χ2n) is 14.2. The number of hydrogen-bond acceptors (Lipinski definition) is 16. The molecule has 0 atom stereocenters. The Morgan fingerprint density at radius 1 is 0.531 bits per heavy atom. The maximum atomic E-state index is 13.0. The first kappa shape index (κ1) is 45.8. The third-order valence-corrected chi connectivity index (χ3v) is 16.3. The molecule has 4 aromatic carbocycles. The van der Waals surface area contributed by atoms with Crippen LogP contribution in [0.2, 0.25) is 0 Å². The van der Waals surface area contributed by atoms with Gasteiger partial charge in [-0.25, -0.2) is 26.8 Å². The van der Waals surface area contributed by atoms with E-state index in [1.54, 1.807) is 58.8 Å². The number of nitrogens with zero attached hydrogens (tertiary/aromatic N) is 8. The first-order valence-corrected chi connectivity index (χ1v) is 24.4. The van der Waals surface area contributed by atoms with Gasteiger partial charge in [0.15, 0.2) is 21.8 Å². The summed E-state index contributed by atoms with van der Waals surface area (Å²) in [5.74, 6) is 2.66. The van der Waals surface area contributed by atoms with Gasteiger partial charge in [0.2, 0.25) is 20.0 Å². The summed E-state index contributed by atoms with van der Waals surface area (Å²) >= 11 is 3.03. The molecule has 0 spiro atoms. The number of benzene rings is 4. The minimum absolute atomic E-state index is 0.0551. The maximum Gasteiger partial charge on any atom is 0.244 e. The fraction of sp³-hybridized carbons (Fsp3) is 0.273. The van der Waals surface area contributed by atoms with Gasteiger partial charge in [-0.1, -0.05) is 24.3 Å². The van der Waals surface area contributed by atoms with Crippen molar-refractivity contribution in [1.82, 2.24) is 18.6 Å². The minimum atomic E-state index is -3.72. The number of thiazole rings is 2. The van der Waals surface area contributed by atoms with E-state index in [4.69, 9.17) is 28.9 Å². The Morgan fingerprint density at radius 2 is 0.969 bits per heavy atom. The molecule has 4 heterocycles. The van der Waals surface area contributed by atoms with Crippen molar-refractivity contribution in [1.29, 1.82) is 10.5 Å². The monoisotopic (exact) mass is 940 g/mol. The highest BCUT2D eigenvalue weighted by Crippen LogP contribution is 2.36. The van der Waals surface area contributed by atoms with E-state index in [1.165, 1.54) is 55.5 Å². The molecule has 16 nitrogen and oxygen atoms in total.